The second kappa shape index (κ2) is 9.15. The van der Waals surface area contributed by atoms with Crippen molar-refractivity contribution in [3.05, 3.63) is 57.8 Å². The van der Waals surface area contributed by atoms with Crippen molar-refractivity contribution >= 4 is 29.0 Å². The van der Waals surface area contributed by atoms with Gasteiger partial charge in [0.05, 0.1) is 10.8 Å². The molecule has 0 aliphatic carbocycles. The van der Waals surface area contributed by atoms with E-state index in [9.17, 15) is 14.4 Å². The van der Waals surface area contributed by atoms with Gasteiger partial charge in [-0.15, -0.1) is 11.3 Å². The number of ketones is 1. The quantitative estimate of drug-likeness (QED) is 0.544. The summed E-state index contributed by atoms with van der Waals surface area (Å²) < 4.78 is 5.44. The van der Waals surface area contributed by atoms with Crippen molar-refractivity contribution in [2.45, 2.75) is 39.2 Å². The lowest BCUT2D eigenvalue weighted by Crippen LogP contribution is -2.41. The Hall–Kier alpha value is -2.47. The van der Waals surface area contributed by atoms with Crippen molar-refractivity contribution in [2.75, 3.05) is 13.1 Å². The van der Waals surface area contributed by atoms with Crippen LogP contribution in [0.1, 0.15) is 52.3 Å². The zero-order chi connectivity index (χ0) is 20.1. The van der Waals surface area contributed by atoms with E-state index in [1.165, 1.54) is 11.3 Å². The van der Waals surface area contributed by atoms with Crippen LogP contribution in [0.4, 0.5) is 0 Å². The van der Waals surface area contributed by atoms with Crippen LogP contribution in [0, 0.1) is 5.92 Å². The Kier molecular flexibility index (Phi) is 6.62. The van der Waals surface area contributed by atoms with Gasteiger partial charge in [0, 0.05) is 18.7 Å². The molecule has 1 atom stereocenters. The second-order valence-electron chi connectivity index (χ2n) is 7.04. The number of aryl methyl sites for hydroxylation is 1. The first-order valence-corrected chi connectivity index (χ1v) is 10.5. The second-order valence-corrected chi connectivity index (χ2v) is 7.99. The van der Waals surface area contributed by atoms with Gasteiger partial charge in [0.15, 0.2) is 6.10 Å². The molecule has 0 radical (unpaired) electrons. The van der Waals surface area contributed by atoms with E-state index in [1.807, 2.05) is 29.6 Å². The number of piperidine rings is 1. The summed E-state index contributed by atoms with van der Waals surface area (Å²) >= 11 is 1.42. The number of nitrogens with zero attached hydrogens (tertiary/aromatic N) is 1. The number of Topliss-reactive ketones (excluding diaryl/α,β-unsaturated/α-hetero) is 1. The van der Waals surface area contributed by atoms with Gasteiger partial charge in [-0.3, -0.25) is 14.4 Å². The molecule has 148 valence electrons. The Morgan fingerprint density at radius 3 is 2.39 bits per heavy atom. The molecule has 0 N–H and O–H groups in total. The first-order chi connectivity index (χ1) is 13.5. The lowest BCUT2D eigenvalue weighted by atomic mass is 9.96. The minimum atomic E-state index is -0.814. The van der Waals surface area contributed by atoms with Gasteiger partial charge in [-0.2, -0.15) is 0 Å². The van der Waals surface area contributed by atoms with Crippen LogP contribution < -0.4 is 0 Å². The number of amides is 1. The molecular weight excluding hydrogens is 374 g/mol. The summed E-state index contributed by atoms with van der Waals surface area (Å²) in [6.45, 7) is 4.72. The van der Waals surface area contributed by atoms with E-state index in [-0.39, 0.29) is 23.6 Å². The number of hydrogen-bond acceptors (Lipinski definition) is 5. The number of carbonyl (C=O) groups excluding carboxylic acids is 3. The van der Waals surface area contributed by atoms with Crippen molar-refractivity contribution in [3.8, 4) is 0 Å². The Labute approximate surface area is 169 Å². The number of ether oxygens (including phenoxy) is 1. The van der Waals surface area contributed by atoms with Gasteiger partial charge < -0.3 is 9.64 Å². The van der Waals surface area contributed by atoms with Crippen LogP contribution in [0.25, 0.3) is 0 Å². The van der Waals surface area contributed by atoms with Crippen molar-refractivity contribution in [3.63, 3.8) is 0 Å². The van der Waals surface area contributed by atoms with Crippen molar-refractivity contribution < 1.29 is 19.1 Å². The summed E-state index contributed by atoms with van der Waals surface area (Å²) in [5.41, 5.74) is 1.71. The fraction of sp³-hybridized carbons (Fsp3) is 0.409. The number of rotatable bonds is 6. The summed E-state index contributed by atoms with van der Waals surface area (Å²) in [5, 5.41) is 1.88. The first-order valence-electron chi connectivity index (χ1n) is 9.66. The lowest BCUT2D eigenvalue weighted by Gasteiger charge is -2.31. The number of carbonyl (C=O) groups is 3. The molecule has 6 heteroatoms. The summed E-state index contributed by atoms with van der Waals surface area (Å²) in [4.78, 5) is 39.9. The zero-order valence-electron chi connectivity index (χ0n) is 16.2. The predicted molar refractivity (Wildman–Crippen MR) is 109 cm³/mol. The normalized spacial score (nSPS) is 15.9. The summed E-state index contributed by atoms with van der Waals surface area (Å²) in [7, 11) is 0. The molecule has 5 nitrogen and oxygen atoms in total. The third-order valence-corrected chi connectivity index (χ3v) is 6.01. The molecule has 1 aromatic carbocycles. The van der Waals surface area contributed by atoms with Crippen LogP contribution in [-0.4, -0.2) is 41.8 Å². The van der Waals surface area contributed by atoms with Crippen LogP contribution in [0.3, 0.4) is 0 Å². The first kappa shape index (κ1) is 20.3. The van der Waals surface area contributed by atoms with Crippen molar-refractivity contribution in [1.29, 1.82) is 0 Å². The van der Waals surface area contributed by atoms with Crippen LogP contribution in [0.2, 0.25) is 0 Å². The number of benzene rings is 1. The standard InChI is InChI=1S/C22H25NO4S/c1-3-16-6-8-17(9-7-16)20(24)15(2)27-22(26)18-10-12-23(13-11-18)21(25)19-5-4-14-28-19/h4-9,14-15,18H,3,10-13H2,1-2H3/t15-/m1/s1. The monoisotopic (exact) mass is 399 g/mol. The van der Waals surface area contributed by atoms with E-state index in [1.54, 1.807) is 24.0 Å². The minimum absolute atomic E-state index is 0.0147. The molecule has 3 rings (SSSR count). The molecule has 28 heavy (non-hydrogen) atoms. The molecule has 2 aromatic rings. The van der Waals surface area contributed by atoms with E-state index in [0.717, 1.165) is 12.0 Å². The van der Waals surface area contributed by atoms with Crippen molar-refractivity contribution in [2.24, 2.45) is 5.92 Å². The minimum Gasteiger partial charge on any atom is -0.454 e. The number of likely N-dealkylation sites (tertiary alicyclic amines) is 1. The number of hydrogen-bond donors (Lipinski definition) is 0. The highest BCUT2D eigenvalue weighted by Crippen LogP contribution is 2.22. The van der Waals surface area contributed by atoms with Crippen LogP contribution in [0.5, 0.6) is 0 Å². The van der Waals surface area contributed by atoms with Gasteiger partial charge in [0.2, 0.25) is 5.78 Å². The van der Waals surface area contributed by atoms with Gasteiger partial charge in [0.1, 0.15) is 0 Å². The highest BCUT2D eigenvalue weighted by molar-refractivity contribution is 7.12. The molecule has 0 unspecified atom stereocenters. The van der Waals surface area contributed by atoms with E-state index in [0.29, 0.717) is 36.4 Å². The van der Waals surface area contributed by atoms with E-state index in [2.05, 4.69) is 6.92 Å². The Morgan fingerprint density at radius 2 is 1.82 bits per heavy atom. The highest BCUT2D eigenvalue weighted by Gasteiger charge is 2.31. The smallest absolute Gasteiger partial charge is 0.309 e. The zero-order valence-corrected chi connectivity index (χ0v) is 17.0. The van der Waals surface area contributed by atoms with E-state index >= 15 is 0 Å². The average molecular weight is 400 g/mol. The fourth-order valence-electron chi connectivity index (χ4n) is 3.34. The molecular formula is C22H25NO4S. The molecule has 0 spiro atoms. The third-order valence-electron chi connectivity index (χ3n) is 5.16. The largest absolute Gasteiger partial charge is 0.454 e. The molecule has 2 heterocycles. The Morgan fingerprint density at radius 1 is 1.14 bits per heavy atom. The average Bonchev–Trinajstić information content (AvgIpc) is 3.27. The third kappa shape index (κ3) is 4.68. The van der Waals surface area contributed by atoms with Crippen LogP contribution >= 0.6 is 11.3 Å². The molecule has 1 aliphatic heterocycles. The lowest BCUT2D eigenvalue weighted by molar-refractivity contribution is -0.152. The summed E-state index contributed by atoms with van der Waals surface area (Å²) in [6.07, 6.45) is 1.21. The molecule has 1 aromatic heterocycles. The van der Waals surface area contributed by atoms with Gasteiger partial charge in [-0.25, -0.2) is 0 Å². The summed E-state index contributed by atoms with van der Waals surface area (Å²) in [6, 6.07) is 11.1. The van der Waals surface area contributed by atoms with E-state index < -0.39 is 6.10 Å². The molecule has 0 bridgehead atoms. The van der Waals surface area contributed by atoms with Gasteiger partial charge in [-0.05, 0) is 43.2 Å². The molecule has 1 amide bonds. The van der Waals surface area contributed by atoms with Gasteiger partial charge >= 0.3 is 5.97 Å². The van der Waals surface area contributed by atoms with Crippen LogP contribution in [-0.2, 0) is 16.0 Å². The van der Waals surface area contributed by atoms with E-state index in [4.69, 9.17) is 4.74 Å². The maximum atomic E-state index is 12.5. The maximum absolute atomic E-state index is 12.5. The SMILES string of the molecule is CCc1ccc(C(=O)[C@@H](C)OC(=O)C2CCN(C(=O)c3cccs3)CC2)cc1. The number of thiophene rings is 1. The summed E-state index contributed by atoms with van der Waals surface area (Å²) in [5.74, 6) is -0.804. The van der Waals surface area contributed by atoms with Crippen molar-refractivity contribution in [1.82, 2.24) is 4.90 Å². The topological polar surface area (TPSA) is 63.7 Å². The highest BCUT2D eigenvalue weighted by atomic mass is 32.1. The Balaban J connectivity index is 1.50. The molecule has 1 aliphatic rings. The Bertz CT molecular complexity index is 821. The number of esters is 1. The molecule has 1 fully saturated rings. The van der Waals surface area contributed by atoms with Gasteiger partial charge in [-0.1, -0.05) is 37.3 Å². The predicted octanol–water partition coefficient (Wildman–Crippen LogP) is 3.98. The maximum Gasteiger partial charge on any atom is 0.309 e. The van der Waals surface area contributed by atoms with Gasteiger partial charge in [0.25, 0.3) is 5.91 Å². The van der Waals surface area contributed by atoms with Crippen LogP contribution in [0.15, 0.2) is 41.8 Å². The molecule has 1 saturated heterocycles. The fourth-order valence-corrected chi connectivity index (χ4v) is 4.03. The molecule has 0 saturated carbocycles.